The summed E-state index contributed by atoms with van der Waals surface area (Å²) in [4.78, 5) is 22.9. The molecule has 0 fully saturated rings. The van der Waals surface area contributed by atoms with Crippen LogP contribution in [-0.4, -0.2) is 34.2 Å². The van der Waals surface area contributed by atoms with E-state index in [1.165, 1.54) is 19.3 Å². The zero-order valence-corrected chi connectivity index (χ0v) is 13.6. The van der Waals surface area contributed by atoms with Crippen molar-refractivity contribution in [1.82, 2.24) is 5.32 Å². The molecule has 0 rings (SSSR count). The molecule has 2 atom stereocenters. The summed E-state index contributed by atoms with van der Waals surface area (Å²) in [6.45, 7) is 5.96. The predicted octanol–water partition coefficient (Wildman–Crippen LogP) is 2.71. The molecule has 124 valence electrons. The Kier molecular flexibility index (Phi) is 10.9. The molecular weight excluding hydrogens is 270 g/mol. The molecule has 3 N–H and O–H groups in total. The van der Waals surface area contributed by atoms with Crippen LogP contribution in [0.25, 0.3) is 0 Å². The van der Waals surface area contributed by atoms with Gasteiger partial charge in [0.2, 0.25) is 5.91 Å². The molecule has 5 nitrogen and oxygen atoms in total. The lowest BCUT2D eigenvalue weighted by atomic mass is 10.0. The molecule has 0 aromatic rings. The maximum Gasteiger partial charge on any atom is 0.326 e. The van der Waals surface area contributed by atoms with Crippen molar-refractivity contribution in [3.8, 4) is 0 Å². The molecule has 0 aliphatic heterocycles. The first-order valence-electron chi connectivity index (χ1n) is 8.09. The van der Waals surface area contributed by atoms with Crippen LogP contribution in [0.3, 0.4) is 0 Å². The quantitative estimate of drug-likeness (QED) is 0.484. The molecule has 0 saturated carbocycles. The van der Waals surface area contributed by atoms with E-state index in [1.54, 1.807) is 0 Å². The van der Waals surface area contributed by atoms with E-state index in [0.717, 1.165) is 19.3 Å². The van der Waals surface area contributed by atoms with Crippen molar-refractivity contribution >= 4 is 11.9 Å². The first-order chi connectivity index (χ1) is 9.88. The van der Waals surface area contributed by atoms with E-state index in [1.807, 2.05) is 13.8 Å². The zero-order chi connectivity index (χ0) is 16.3. The number of unbranched alkanes of at least 4 members (excludes halogenated alkanes) is 5. The molecule has 0 aromatic carbocycles. The fourth-order valence-corrected chi connectivity index (χ4v) is 2.21. The lowest BCUT2D eigenvalue weighted by molar-refractivity contribution is -0.143. The smallest absolute Gasteiger partial charge is 0.326 e. The number of aliphatic hydroxyl groups excluding tert-OH is 1. The Morgan fingerprint density at radius 3 is 2.14 bits per heavy atom. The van der Waals surface area contributed by atoms with Crippen LogP contribution in [0.4, 0.5) is 0 Å². The molecule has 0 aromatic heterocycles. The van der Waals surface area contributed by atoms with E-state index in [0.29, 0.717) is 12.8 Å². The van der Waals surface area contributed by atoms with Gasteiger partial charge in [0, 0.05) is 0 Å². The Morgan fingerprint density at radius 2 is 1.62 bits per heavy atom. The number of carbonyl (C=O) groups is 2. The van der Waals surface area contributed by atoms with Crippen molar-refractivity contribution in [2.45, 2.75) is 84.3 Å². The minimum Gasteiger partial charge on any atom is -0.480 e. The second-order valence-corrected chi connectivity index (χ2v) is 6.10. The molecule has 21 heavy (non-hydrogen) atoms. The summed E-state index contributed by atoms with van der Waals surface area (Å²) in [6.07, 6.45) is 6.06. The normalized spacial score (nSPS) is 14.0. The Labute approximate surface area is 128 Å². The third-order valence-corrected chi connectivity index (χ3v) is 3.46. The minimum atomic E-state index is -1.13. The monoisotopic (exact) mass is 301 g/mol. The van der Waals surface area contributed by atoms with Gasteiger partial charge in [0.1, 0.15) is 12.1 Å². The van der Waals surface area contributed by atoms with Gasteiger partial charge in [0.15, 0.2) is 0 Å². The SMILES string of the molecule is CCCCCCCC[C@H](NC(=O)[C@H](O)CC(C)C)C(=O)O. The molecule has 0 radical (unpaired) electrons. The average molecular weight is 301 g/mol. The van der Waals surface area contributed by atoms with Gasteiger partial charge in [-0.15, -0.1) is 0 Å². The summed E-state index contributed by atoms with van der Waals surface area (Å²) >= 11 is 0. The first kappa shape index (κ1) is 19.9. The van der Waals surface area contributed by atoms with Crippen LogP contribution in [0.2, 0.25) is 0 Å². The van der Waals surface area contributed by atoms with Gasteiger partial charge in [0.05, 0.1) is 0 Å². The standard InChI is InChI=1S/C16H31NO4/c1-4-5-6-7-8-9-10-13(16(20)21)17-15(19)14(18)11-12(2)3/h12-14,18H,4-11H2,1-3H3,(H,17,19)(H,20,21)/t13-,14+/m0/s1. The third-order valence-electron chi connectivity index (χ3n) is 3.46. The Balaban J connectivity index is 4.07. The van der Waals surface area contributed by atoms with Crippen molar-refractivity contribution in [2.75, 3.05) is 0 Å². The van der Waals surface area contributed by atoms with E-state index in [-0.39, 0.29) is 5.92 Å². The highest BCUT2D eigenvalue weighted by Crippen LogP contribution is 2.10. The Morgan fingerprint density at radius 1 is 1.05 bits per heavy atom. The molecule has 0 unspecified atom stereocenters. The van der Waals surface area contributed by atoms with E-state index in [4.69, 9.17) is 5.11 Å². The summed E-state index contributed by atoms with van der Waals surface area (Å²) in [5, 5.41) is 21.2. The molecule has 0 aliphatic carbocycles. The van der Waals surface area contributed by atoms with Crippen LogP contribution < -0.4 is 5.32 Å². The van der Waals surface area contributed by atoms with Gasteiger partial charge in [-0.25, -0.2) is 4.79 Å². The lowest BCUT2D eigenvalue weighted by Crippen LogP contribution is -2.45. The van der Waals surface area contributed by atoms with E-state index >= 15 is 0 Å². The molecule has 5 heteroatoms. The summed E-state index contributed by atoms with van der Waals surface area (Å²) in [5.41, 5.74) is 0. The Hall–Kier alpha value is -1.10. The number of hydrogen-bond donors (Lipinski definition) is 3. The largest absolute Gasteiger partial charge is 0.480 e. The van der Waals surface area contributed by atoms with Gasteiger partial charge in [-0.2, -0.15) is 0 Å². The van der Waals surface area contributed by atoms with Gasteiger partial charge in [0.25, 0.3) is 0 Å². The number of carboxylic acid groups (broad SMARTS) is 1. The fourth-order valence-electron chi connectivity index (χ4n) is 2.21. The lowest BCUT2D eigenvalue weighted by Gasteiger charge is -2.18. The molecule has 0 heterocycles. The zero-order valence-electron chi connectivity index (χ0n) is 13.6. The fraction of sp³-hybridized carbons (Fsp3) is 0.875. The van der Waals surface area contributed by atoms with Crippen LogP contribution in [0, 0.1) is 5.92 Å². The number of carbonyl (C=O) groups excluding carboxylic acids is 1. The van der Waals surface area contributed by atoms with Crippen molar-refractivity contribution in [1.29, 1.82) is 0 Å². The summed E-state index contributed by atoms with van der Waals surface area (Å²) in [6, 6.07) is -0.898. The number of nitrogens with one attached hydrogen (secondary N) is 1. The summed E-state index contributed by atoms with van der Waals surface area (Å²) < 4.78 is 0. The molecule has 0 saturated heterocycles. The average Bonchev–Trinajstić information content (AvgIpc) is 2.39. The van der Waals surface area contributed by atoms with Crippen LogP contribution in [0.15, 0.2) is 0 Å². The number of aliphatic hydroxyl groups is 1. The second-order valence-electron chi connectivity index (χ2n) is 6.10. The molecule has 0 bridgehead atoms. The molecule has 0 spiro atoms. The summed E-state index contributed by atoms with van der Waals surface area (Å²) in [7, 11) is 0. The van der Waals surface area contributed by atoms with Crippen LogP contribution in [-0.2, 0) is 9.59 Å². The number of aliphatic carboxylic acids is 1. The third kappa shape index (κ3) is 10.3. The van der Waals surface area contributed by atoms with Gasteiger partial charge in [-0.05, 0) is 18.8 Å². The van der Waals surface area contributed by atoms with Crippen molar-refractivity contribution < 1.29 is 19.8 Å². The van der Waals surface area contributed by atoms with Gasteiger partial charge < -0.3 is 15.5 Å². The summed E-state index contributed by atoms with van der Waals surface area (Å²) in [5.74, 6) is -1.43. The molecule has 1 amide bonds. The van der Waals surface area contributed by atoms with Gasteiger partial charge in [-0.3, -0.25) is 4.79 Å². The van der Waals surface area contributed by atoms with Crippen molar-refractivity contribution in [3.63, 3.8) is 0 Å². The van der Waals surface area contributed by atoms with Crippen LogP contribution >= 0.6 is 0 Å². The van der Waals surface area contributed by atoms with Crippen LogP contribution in [0.1, 0.15) is 72.1 Å². The van der Waals surface area contributed by atoms with Crippen LogP contribution in [0.5, 0.6) is 0 Å². The van der Waals surface area contributed by atoms with Gasteiger partial charge >= 0.3 is 5.97 Å². The highest BCUT2D eigenvalue weighted by atomic mass is 16.4. The number of rotatable bonds is 12. The van der Waals surface area contributed by atoms with E-state index < -0.39 is 24.0 Å². The Bertz CT molecular complexity index is 305. The number of amides is 1. The highest BCUT2D eigenvalue weighted by Gasteiger charge is 2.23. The minimum absolute atomic E-state index is 0.188. The number of carboxylic acids is 1. The molecular formula is C16H31NO4. The first-order valence-corrected chi connectivity index (χ1v) is 8.09. The van der Waals surface area contributed by atoms with Crippen molar-refractivity contribution in [2.24, 2.45) is 5.92 Å². The molecule has 0 aliphatic rings. The van der Waals surface area contributed by atoms with Gasteiger partial charge in [-0.1, -0.05) is 59.3 Å². The maximum atomic E-state index is 11.7. The van der Waals surface area contributed by atoms with Crippen molar-refractivity contribution in [3.05, 3.63) is 0 Å². The number of hydrogen-bond acceptors (Lipinski definition) is 3. The van der Waals surface area contributed by atoms with E-state index in [9.17, 15) is 14.7 Å². The van der Waals surface area contributed by atoms with E-state index in [2.05, 4.69) is 12.2 Å². The highest BCUT2D eigenvalue weighted by molar-refractivity contribution is 5.86. The maximum absolute atomic E-state index is 11.7. The topological polar surface area (TPSA) is 86.6 Å². The second kappa shape index (κ2) is 11.5. The predicted molar refractivity (Wildman–Crippen MR) is 83.0 cm³/mol.